The summed E-state index contributed by atoms with van der Waals surface area (Å²) >= 11 is 0. The van der Waals surface area contributed by atoms with E-state index in [0.29, 0.717) is 23.2 Å². The van der Waals surface area contributed by atoms with Crippen LogP contribution in [0.2, 0.25) is 0 Å². The van der Waals surface area contributed by atoms with Crippen LogP contribution in [0.3, 0.4) is 0 Å². The summed E-state index contributed by atoms with van der Waals surface area (Å²) in [5.41, 5.74) is 0.941. The Kier molecular flexibility index (Phi) is 4.52. The molecule has 3 aromatic rings. The number of aromatic amines is 1. The SMILES string of the molecule is CCCNC(=O)c1ccc2[nH]c(-c3ccc(F)cc3)c(O)c(=O)c2c1. The number of hydrogen-bond donors (Lipinski definition) is 3. The first-order chi connectivity index (χ1) is 12.0. The summed E-state index contributed by atoms with van der Waals surface area (Å²) in [6, 6.07) is 10.1. The first kappa shape index (κ1) is 16.7. The van der Waals surface area contributed by atoms with Crippen molar-refractivity contribution in [3.8, 4) is 17.0 Å². The zero-order chi connectivity index (χ0) is 18.0. The minimum atomic E-state index is -0.585. The van der Waals surface area contributed by atoms with Gasteiger partial charge in [0.2, 0.25) is 5.43 Å². The van der Waals surface area contributed by atoms with Crippen LogP contribution in [0.4, 0.5) is 4.39 Å². The summed E-state index contributed by atoms with van der Waals surface area (Å²) < 4.78 is 13.1. The number of halogens is 1. The minimum Gasteiger partial charge on any atom is -0.503 e. The van der Waals surface area contributed by atoms with Crippen molar-refractivity contribution in [3.63, 3.8) is 0 Å². The highest BCUT2D eigenvalue weighted by Crippen LogP contribution is 2.27. The van der Waals surface area contributed by atoms with Crippen molar-refractivity contribution in [3.05, 3.63) is 64.1 Å². The lowest BCUT2D eigenvalue weighted by Crippen LogP contribution is -2.24. The second-order valence-electron chi connectivity index (χ2n) is 5.70. The number of rotatable bonds is 4. The van der Waals surface area contributed by atoms with Gasteiger partial charge in [0, 0.05) is 17.7 Å². The molecule has 6 heteroatoms. The van der Waals surface area contributed by atoms with Crippen molar-refractivity contribution in [2.75, 3.05) is 6.54 Å². The lowest BCUT2D eigenvalue weighted by Gasteiger charge is -2.09. The van der Waals surface area contributed by atoms with E-state index in [1.165, 1.54) is 30.3 Å². The van der Waals surface area contributed by atoms with E-state index < -0.39 is 17.0 Å². The molecule has 3 N–H and O–H groups in total. The number of aromatic nitrogens is 1. The fourth-order valence-electron chi connectivity index (χ4n) is 2.58. The number of aromatic hydroxyl groups is 1. The van der Waals surface area contributed by atoms with Crippen LogP contribution >= 0.6 is 0 Å². The van der Waals surface area contributed by atoms with Crippen LogP contribution in [0.15, 0.2) is 47.3 Å². The Morgan fingerprint density at radius 2 is 1.92 bits per heavy atom. The Morgan fingerprint density at radius 1 is 1.20 bits per heavy atom. The molecule has 0 unspecified atom stereocenters. The second kappa shape index (κ2) is 6.76. The number of amides is 1. The molecular formula is C19H17FN2O3. The average Bonchev–Trinajstić information content (AvgIpc) is 2.63. The van der Waals surface area contributed by atoms with Gasteiger partial charge >= 0.3 is 0 Å². The van der Waals surface area contributed by atoms with Crippen molar-refractivity contribution < 1.29 is 14.3 Å². The van der Waals surface area contributed by atoms with E-state index in [1.807, 2.05) is 6.92 Å². The van der Waals surface area contributed by atoms with Crippen molar-refractivity contribution >= 4 is 16.8 Å². The van der Waals surface area contributed by atoms with Gasteiger partial charge < -0.3 is 15.4 Å². The standard InChI is InChI=1S/C19H17FN2O3/c1-2-9-21-19(25)12-5-8-15-14(10-12)17(23)18(24)16(22-15)11-3-6-13(20)7-4-11/h3-8,10,24H,2,9H2,1H3,(H,21,25)(H,22,23). The lowest BCUT2D eigenvalue weighted by atomic mass is 10.1. The van der Waals surface area contributed by atoms with E-state index in [2.05, 4.69) is 10.3 Å². The quantitative estimate of drug-likeness (QED) is 0.682. The van der Waals surface area contributed by atoms with Gasteiger partial charge in [0.1, 0.15) is 5.82 Å². The third-order valence-electron chi connectivity index (χ3n) is 3.91. The number of H-pyrrole nitrogens is 1. The number of pyridine rings is 1. The largest absolute Gasteiger partial charge is 0.503 e. The molecule has 1 aromatic heterocycles. The minimum absolute atomic E-state index is 0.209. The van der Waals surface area contributed by atoms with Crippen molar-refractivity contribution in [1.29, 1.82) is 0 Å². The summed E-state index contributed by atoms with van der Waals surface area (Å²) in [6.07, 6.45) is 0.807. The Bertz CT molecular complexity index is 994. The smallest absolute Gasteiger partial charge is 0.251 e. The maximum atomic E-state index is 13.1. The van der Waals surface area contributed by atoms with Crippen LogP contribution in [-0.2, 0) is 0 Å². The maximum Gasteiger partial charge on any atom is 0.251 e. The number of benzene rings is 2. The van der Waals surface area contributed by atoms with Gasteiger partial charge in [-0.15, -0.1) is 0 Å². The molecule has 1 amide bonds. The van der Waals surface area contributed by atoms with E-state index >= 15 is 0 Å². The summed E-state index contributed by atoms with van der Waals surface area (Å²) in [4.78, 5) is 27.5. The summed E-state index contributed by atoms with van der Waals surface area (Å²) in [5.74, 6) is -1.15. The average molecular weight is 340 g/mol. The normalized spacial score (nSPS) is 10.8. The highest BCUT2D eigenvalue weighted by molar-refractivity contribution is 5.98. The van der Waals surface area contributed by atoms with Gasteiger partial charge in [-0.25, -0.2) is 4.39 Å². The van der Waals surface area contributed by atoms with E-state index in [-0.39, 0.29) is 17.0 Å². The summed E-state index contributed by atoms with van der Waals surface area (Å²) in [7, 11) is 0. The third kappa shape index (κ3) is 3.24. The molecule has 2 aromatic carbocycles. The van der Waals surface area contributed by atoms with Crippen molar-refractivity contribution in [1.82, 2.24) is 10.3 Å². The third-order valence-corrected chi connectivity index (χ3v) is 3.91. The number of carbonyl (C=O) groups excluding carboxylic acids is 1. The molecule has 25 heavy (non-hydrogen) atoms. The topological polar surface area (TPSA) is 82.2 Å². The molecule has 128 valence electrons. The van der Waals surface area contributed by atoms with E-state index in [0.717, 1.165) is 6.42 Å². The second-order valence-corrected chi connectivity index (χ2v) is 5.70. The van der Waals surface area contributed by atoms with Gasteiger partial charge in [-0.3, -0.25) is 9.59 Å². The molecule has 0 saturated carbocycles. The molecule has 0 aliphatic carbocycles. The monoisotopic (exact) mass is 340 g/mol. The molecule has 3 rings (SSSR count). The van der Waals surface area contributed by atoms with Crippen LogP contribution in [-0.4, -0.2) is 22.5 Å². The molecule has 0 fully saturated rings. The van der Waals surface area contributed by atoms with Crippen LogP contribution < -0.4 is 10.7 Å². The molecule has 0 saturated heterocycles. The molecule has 5 nitrogen and oxygen atoms in total. The first-order valence-electron chi connectivity index (χ1n) is 7.94. The lowest BCUT2D eigenvalue weighted by molar-refractivity contribution is 0.0954. The van der Waals surface area contributed by atoms with Crippen molar-refractivity contribution in [2.24, 2.45) is 0 Å². The van der Waals surface area contributed by atoms with Crippen molar-refractivity contribution in [2.45, 2.75) is 13.3 Å². The fraction of sp³-hybridized carbons (Fsp3) is 0.158. The first-order valence-corrected chi connectivity index (χ1v) is 7.94. The van der Waals surface area contributed by atoms with Gasteiger partial charge in [0.05, 0.1) is 16.6 Å². The molecule has 0 spiro atoms. The molecule has 0 aliphatic heterocycles. The van der Waals surface area contributed by atoms with E-state index in [1.54, 1.807) is 12.1 Å². The predicted octanol–water partition coefficient (Wildman–Crippen LogP) is 3.18. The van der Waals surface area contributed by atoms with Crippen LogP contribution in [0.1, 0.15) is 23.7 Å². The fourth-order valence-corrected chi connectivity index (χ4v) is 2.58. The van der Waals surface area contributed by atoms with E-state index in [4.69, 9.17) is 0 Å². The van der Waals surface area contributed by atoms with Gasteiger partial charge in [-0.05, 0) is 48.9 Å². The van der Waals surface area contributed by atoms with Crippen LogP contribution in [0.25, 0.3) is 22.2 Å². The van der Waals surface area contributed by atoms with Gasteiger partial charge in [-0.1, -0.05) is 6.92 Å². The number of nitrogens with one attached hydrogen (secondary N) is 2. The van der Waals surface area contributed by atoms with Gasteiger partial charge in [0.15, 0.2) is 5.75 Å². The van der Waals surface area contributed by atoms with Gasteiger partial charge in [-0.2, -0.15) is 0 Å². The number of hydrogen-bond acceptors (Lipinski definition) is 3. The molecule has 0 aliphatic rings. The molecular weight excluding hydrogens is 323 g/mol. The number of fused-ring (bicyclic) bond motifs is 1. The number of carbonyl (C=O) groups is 1. The Labute approximate surface area is 143 Å². The molecule has 0 radical (unpaired) electrons. The summed E-state index contributed by atoms with van der Waals surface area (Å²) in [6.45, 7) is 2.49. The Balaban J connectivity index is 2.10. The Morgan fingerprint density at radius 3 is 2.60 bits per heavy atom. The maximum absolute atomic E-state index is 13.1. The van der Waals surface area contributed by atoms with E-state index in [9.17, 15) is 19.1 Å². The Hall–Kier alpha value is -3.15. The molecule has 0 bridgehead atoms. The predicted molar refractivity (Wildman–Crippen MR) is 94.3 cm³/mol. The van der Waals surface area contributed by atoms with Gasteiger partial charge in [0.25, 0.3) is 5.91 Å². The highest BCUT2D eigenvalue weighted by atomic mass is 19.1. The molecule has 1 heterocycles. The molecule has 0 atom stereocenters. The highest BCUT2D eigenvalue weighted by Gasteiger charge is 2.14. The zero-order valence-electron chi connectivity index (χ0n) is 13.6. The zero-order valence-corrected chi connectivity index (χ0v) is 13.6. The van der Waals surface area contributed by atoms with Crippen LogP contribution in [0, 0.1) is 5.82 Å². The van der Waals surface area contributed by atoms with Crippen LogP contribution in [0.5, 0.6) is 5.75 Å². The summed E-state index contributed by atoms with van der Waals surface area (Å²) in [5, 5.41) is 13.2.